The summed E-state index contributed by atoms with van der Waals surface area (Å²) in [6, 6.07) is 6.24. The van der Waals surface area contributed by atoms with E-state index in [0.717, 1.165) is 30.8 Å². The Bertz CT molecular complexity index is 599. The summed E-state index contributed by atoms with van der Waals surface area (Å²) < 4.78 is 2.19. The minimum absolute atomic E-state index is 0.219. The summed E-state index contributed by atoms with van der Waals surface area (Å²) in [5, 5.41) is 2.10. The molecule has 0 radical (unpaired) electrons. The molecule has 0 atom stereocenters. The monoisotopic (exact) mass is 304 g/mol. The predicted molar refractivity (Wildman–Crippen MR) is 89.4 cm³/mol. The van der Waals surface area contributed by atoms with E-state index in [4.69, 9.17) is 0 Å². The third-order valence-corrected chi connectivity index (χ3v) is 4.86. The van der Waals surface area contributed by atoms with Crippen LogP contribution in [0.15, 0.2) is 23.6 Å². The van der Waals surface area contributed by atoms with Gasteiger partial charge in [0, 0.05) is 34.9 Å². The second-order valence-electron chi connectivity index (χ2n) is 5.52. The van der Waals surface area contributed by atoms with Crippen molar-refractivity contribution in [3.8, 4) is 0 Å². The lowest BCUT2D eigenvalue weighted by atomic mass is 10.1. The molecule has 0 spiro atoms. The van der Waals surface area contributed by atoms with Crippen LogP contribution in [0.1, 0.15) is 33.5 Å². The number of aromatic nitrogens is 1. The molecule has 21 heavy (non-hydrogen) atoms. The maximum absolute atomic E-state index is 12.5. The van der Waals surface area contributed by atoms with Crippen molar-refractivity contribution < 1.29 is 4.79 Å². The molecule has 0 bridgehead atoms. The number of ketones is 1. The molecule has 0 saturated carbocycles. The first-order chi connectivity index (χ1) is 10.0. The lowest BCUT2D eigenvalue weighted by Gasteiger charge is -2.15. The van der Waals surface area contributed by atoms with Gasteiger partial charge >= 0.3 is 0 Å². The molecule has 2 rings (SSSR count). The Morgan fingerprint density at radius 2 is 2.14 bits per heavy atom. The van der Waals surface area contributed by atoms with Gasteiger partial charge in [0.1, 0.15) is 0 Å². The fourth-order valence-electron chi connectivity index (χ4n) is 2.74. The van der Waals surface area contributed by atoms with E-state index in [9.17, 15) is 4.79 Å². The van der Waals surface area contributed by atoms with Crippen LogP contribution in [0.3, 0.4) is 0 Å². The number of hydrogen-bond donors (Lipinski definition) is 0. The first kappa shape index (κ1) is 16.0. The molecule has 2 heterocycles. The van der Waals surface area contributed by atoms with Gasteiger partial charge < -0.3 is 4.57 Å². The number of thiophene rings is 1. The van der Waals surface area contributed by atoms with Crippen molar-refractivity contribution in [3.63, 3.8) is 0 Å². The average molecular weight is 304 g/mol. The third kappa shape index (κ3) is 3.83. The summed E-state index contributed by atoms with van der Waals surface area (Å²) in [5.41, 5.74) is 3.13. The van der Waals surface area contributed by atoms with Gasteiger partial charge in [-0.15, -0.1) is 11.3 Å². The molecule has 0 aliphatic heterocycles. The van der Waals surface area contributed by atoms with E-state index >= 15 is 0 Å². The maximum atomic E-state index is 12.5. The summed E-state index contributed by atoms with van der Waals surface area (Å²) >= 11 is 1.78. The lowest BCUT2D eigenvalue weighted by Crippen LogP contribution is -2.28. The van der Waals surface area contributed by atoms with Gasteiger partial charge in [-0.1, -0.05) is 6.07 Å². The Labute approximate surface area is 131 Å². The number of carbonyl (C=O) groups excluding carboxylic acids is 1. The molecular formula is C17H24N2OS. The molecule has 0 aliphatic carbocycles. The van der Waals surface area contributed by atoms with Crippen molar-refractivity contribution in [3.05, 3.63) is 45.4 Å². The van der Waals surface area contributed by atoms with Crippen LogP contribution in [0.2, 0.25) is 0 Å². The van der Waals surface area contributed by atoms with Crippen molar-refractivity contribution in [2.24, 2.45) is 0 Å². The van der Waals surface area contributed by atoms with E-state index in [1.807, 2.05) is 20.0 Å². The molecular weight excluding hydrogens is 280 g/mol. The smallest absolute Gasteiger partial charge is 0.178 e. The predicted octanol–water partition coefficient (Wildman–Crippen LogP) is 3.54. The highest BCUT2D eigenvalue weighted by Crippen LogP contribution is 2.16. The highest BCUT2D eigenvalue weighted by Gasteiger charge is 2.16. The van der Waals surface area contributed by atoms with Crippen molar-refractivity contribution in [1.82, 2.24) is 9.47 Å². The summed E-state index contributed by atoms with van der Waals surface area (Å²) in [7, 11) is 2.02. The Hall–Kier alpha value is -1.39. The van der Waals surface area contributed by atoms with Crippen LogP contribution in [-0.2, 0) is 13.0 Å². The van der Waals surface area contributed by atoms with Crippen LogP contribution >= 0.6 is 11.3 Å². The highest BCUT2D eigenvalue weighted by molar-refractivity contribution is 7.09. The number of aryl methyl sites for hydroxylation is 1. The van der Waals surface area contributed by atoms with Crippen molar-refractivity contribution >= 4 is 17.1 Å². The van der Waals surface area contributed by atoms with Gasteiger partial charge in [-0.3, -0.25) is 9.69 Å². The standard InChI is InChI=1S/C17H24N2OS/c1-5-19-13(2)11-16(14(19)3)17(20)12-18(4)9-8-15-7-6-10-21-15/h6-7,10-11H,5,8-9,12H2,1-4H3. The van der Waals surface area contributed by atoms with Crippen molar-refractivity contribution in [2.45, 2.75) is 33.7 Å². The van der Waals surface area contributed by atoms with Gasteiger partial charge in [0.05, 0.1) is 6.54 Å². The van der Waals surface area contributed by atoms with Crippen LogP contribution in [0, 0.1) is 13.8 Å². The first-order valence-electron chi connectivity index (χ1n) is 7.43. The van der Waals surface area contributed by atoms with Crippen LogP contribution in [-0.4, -0.2) is 35.4 Å². The largest absolute Gasteiger partial charge is 0.349 e. The number of carbonyl (C=O) groups is 1. The minimum Gasteiger partial charge on any atom is -0.349 e. The number of hydrogen-bond acceptors (Lipinski definition) is 3. The fourth-order valence-corrected chi connectivity index (χ4v) is 3.43. The summed E-state index contributed by atoms with van der Waals surface area (Å²) in [6.07, 6.45) is 1.01. The van der Waals surface area contributed by atoms with E-state index in [2.05, 4.69) is 40.8 Å². The maximum Gasteiger partial charge on any atom is 0.178 e. The van der Waals surface area contributed by atoms with Crippen LogP contribution in [0.25, 0.3) is 0 Å². The molecule has 0 aromatic carbocycles. The molecule has 3 nitrogen and oxygen atoms in total. The average Bonchev–Trinajstić information content (AvgIpc) is 3.04. The molecule has 4 heteroatoms. The van der Waals surface area contributed by atoms with Gasteiger partial charge in [-0.2, -0.15) is 0 Å². The van der Waals surface area contributed by atoms with E-state index in [1.54, 1.807) is 11.3 Å². The molecule has 0 amide bonds. The highest BCUT2D eigenvalue weighted by atomic mass is 32.1. The summed E-state index contributed by atoms with van der Waals surface area (Å²) in [5.74, 6) is 0.219. The first-order valence-corrected chi connectivity index (χ1v) is 8.31. The molecule has 0 unspecified atom stereocenters. The summed E-state index contributed by atoms with van der Waals surface area (Å²) in [6.45, 7) is 8.53. The minimum atomic E-state index is 0.219. The topological polar surface area (TPSA) is 25.2 Å². The fraction of sp³-hybridized carbons (Fsp3) is 0.471. The second kappa shape index (κ2) is 7.05. The van der Waals surface area contributed by atoms with E-state index in [0.29, 0.717) is 6.54 Å². The Morgan fingerprint density at radius 3 is 2.71 bits per heavy atom. The lowest BCUT2D eigenvalue weighted by molar-refractivity contribution is 0.0946. The normalized spacial score (nSPS) is 11.3. The molecule has 0 aliphatic rings. The van der Waals surface area contributed by atoms with Crippen LogP contribution in [0.5, 0.6) is 0 Å². The Morgan fingerprint density at radius 1 is 1.38 bits per heavy atom. The number of nitrogens with zero attached hydrogens (tertiary/aromatic N) is 2. The van der Waals surface area contributed by atoms with E-state index in [1.165, 1.54) is 10.6 Å². The van der Waals surface area contributed by atoms with Gasteiger partial charge in [0.25, 0.3) is 0 Å². The zero-order valence-corrected chi connectivity index (χ0v) is 14.2. The third-order valence-electron chi connectivity index (χ3n) is 3.92. The molecule has 0 N–H and O–H groups in total. The molecule has 2 aromatic heterocycles. The SMILES string of the molecule is CCn1c(C)cc(C(=O)CN(C)CCc2cccs2)c1C. The molecule has 0 fully saturated rings. The molecule has 0 saturated heterocycles. The Balaban J connectivity index is 1.94. The van der Waals surface area contributed by atoms with Gasteiger partial charge in [0.2, 0.25) is 0 Å². The van der Waals surface area contributed by atoms with Crippen LogP contribution < -0.4 is 0 Å². The number of likely N-dealkylation sites (N-methyl/N-ethyl adjacent to an activating group) is 1. The zero-order chi connectivity index (χ0) is 15.4. The Kier molecular flexibility index (Phi) is 5.37. The molecule has 2 aromatic rings. The zero-order valence-electron chi connectivity index (χ0n) is 13.3. The van der Waals surface area contributed by atoms with Gasteiger partial charge in [-0.05, 0) is 51.8 Å². The number of rotatable bonds is 7. The van der Waals surface area contributed by atoms with E-state index < -0.39 is 0 Å². The van der Waals surface area contributed by atoms with Crippen molar-refractivity contribution in [2.75, 3.05) is 20.1 Å². The van der Waals surface area contributed by atoms with Gasteiger partial charge in [-0.25, -0.2) is 0 Å². The quantitative estimate of drug-likeness (QED) is 0.731. The van der Waals surface area contributed by atoms with E-state index in [-0.39, 0.29) is 5.78 Å². The molecule has 114 valence electrons. The van der Waals surface area contributed by atoms with Gasteiger partial charge in [0.15, 0.2) is 5.78 Å². The number of Topliss-reactive ketones (excluding diaryl/α,β-unsaturated/α-hetero) is 1. The van der Waals surface area contributed by atoms with Crippen molar-refractivity contribution in [1.29, 1.82) is 0 Å². The van der Waals surface area contributed by atoms with Crippen LogP contribution in [0.4, 0.5) is 0 Å². The second-order valence-corrected chi connectivity index (χ2v) is 6.55. The summed E-state index contributed by atoms with van der Waals surface area (Å²) in [4.78, 5) is 16.0.